The van der Waals surface area contributed by atoms with Gasteiger partial charge in [-0.2, -0.15) is 0 Å². The van der Waals surface area contributed by atoms with E-state index in [1.54, 1.807) is 18.0 Å². The first-order valence-electron chi connectivity index (χ1n) is 12.8. The standard InChI is InChI=1S/C31H27ClN4OS/c32-25-8-3-5-22(17-25)20-38-31-35-28-15-16-33-18-29(28)36(31)19-21-11-13-24(14-12-21)30(37)34-27-10-4-7-23-6-1-2-9-26(23)27/h1-3,5-6,8-9,11-18,27H,4,7,10,19-20H2,(H,34,37). The number of rotatable bonds is 7. The number of thioether (sulfide) groups is 1. The van der Waals surface area contributed by atoms with Crippen LogP contribution >= 0.6 is 23.4 Å². The monoisotopic (exact) mass is 538 g/mol. The molecule has 0 bridgehead atoms. The second kappa shape index (κ2) is 11.0. The molecule has 0 fully saturated rings. The van der Waals surface area contributed by atoms with Gasteiger partial charge in [-0.25, -0.2) is 4.98 Å². The minimum absolute atomic E-state index is 0.0340. The average molecular weight is 539 g/mol. The van der Waals surface area contributed by atoms with Crippen molar-refractivity contribution in [1.82, 2.24) is 19.9 Å². The van der Waals surface area contributed by atoms with Crippen molar-refractivity contribution >= 4 is 40.3 Å². The minimum atomic E-state index is -0.0340. The predicted molar refractivity (Wildman–Crippen MR) is 154 cm³/mol. The lowest BCUT2D eigenvalue weighted by Crippen LogP contribution is -2.30. The number of hydrogen-bond acceptors (Lipinski definition) is 4. The molecular weight excluding hydrogens is 512 g/mol. The first kappa shape index (κ1) is 24.7. The van der Waals surface area contributed by atoms with Crippen LogP contribution in [0, 0.1) is 0 Å². The van der Waals surface area contributed by atoms with E-state index in [2.05, 4.69) is 45.2 Å². The number of hydrogen-bond donors (Lipinski definition) is 1. The Hall–Kier alpha value is -3.61. The van der Waals surface area contributed by atoms with Gasteiger partial charge in [0.05, 0.1) is 29.8 Å². The predicted octanol–water partition coefficient (Wildman–Crippen LogP) is 7.23. The molecule has 1 atom stereocenters. The summed E-state index contributed by atoms with van der Waals surface area (Å²) >= 11 is 7.85. The Bertz CT molecular complexity index is 1600. The number of fused-ring (bicyclic) bond motifs is 2. The zero-order valence-corrected chi connectivity index (χ0v) is 22.4. The minimum Gasteiger partial charge on any atom is -0.345 e. The van der Waals surface area contributed by atoms with Crippen LogP contribution in [0.25, 0.3) is 11.0 Å². The number of benzene rings is 3. The van der Waals surface area contributed by atoms with E-state index in [4.69, 9.17) is 16.6 Å². The van der Waals surface area contributed by atoms with Crippen LogP contribution in [0.5, 0.6) is 0 Å². The van der Waals surface area contributed by atoms with E-state index in [0.29, 0.717) is 12.1 Å². The molecule has 6 rings (SSSR count). The van der Waals surface area contributed by atoms with Crippen molar-refractivity contribution in [3.8, 4) is 0 Å². The van der Waals surface area contributed by atoms with E-state index in [-0.39, 0.29) is 11.9 Å². The molecule has 2 aromatic heterocycles. The molecule has 5 nitrogen and oxygen atoms in total. The second-order valence-corrected chi connectivity index (χ2v) is 11.0. The Balaban J connectivity index is 1.19. The molecule has 1 amide bonds. The molecule has 0 saturated heterocycles. The summed E-state index contributed by atoms with van der Waals surface area (Å²) in [4.78, 5) is 22.3. The molecule has 0 spiro atoms. The second-order valence-electron chi connectivity index (χ2n) is 9.58. The molecule has 1 N–H and O–H groups in total. The van der Waals surface area contributed by atoms with Crippen molar-refractivity contribution in [2.75, 3.05) is 0 Å². The van der Waals surface area contributed by atoms with E-state index in [9.17, 15) is 4.79 Å². The summed E-state index contributed by atoms with van der Waals surface area (Å²) in [7, 11) is 0. The number of nitrogens with zero attached hydrogens (tertiary/aromatic N) is 3. The third-order valence-electron chi connectivity index (χ3n) is 7.00. The fraction of sp³-hybridized carbons (Fsp3) is 0.194. The van der Waals surface area contributed by atoms with Crippen LogP contribution in [0.15, 0.2) is 96.4 Å². The van der Waals surface area contributed by atoms with Crippen molar-refractivity contribution in [2.45, 2.75) is 42.8 Å². The molecule has 2 heterocycles. The number of carbonyl (C=O) groups is 1. The molecule has 1 aliphatic rings. The summed E-state index contributed by atoms with van der Waals surface area (Å²) in [5.41, 5.74) is 7.39. The molecule has 0 saturated carbocycles. The van der Waals surface area contributed by atoms with Crippen LogP contribution in [-0.2, 0) is 18.7 Å². The highest BCUT2D eigenvalue weighted by Gasteiger charge is 2.22. The van der Waals surface area contributed by atoms with Gasteiger partial charge >= 0.3 is 0 Å². The van der Waals surface area contributed by atoms with Gasteiger partial charge in [0.25, 0.3) is 5.91 Å². The van der Waals surface area contributed by atoms with E-state index in [1.165, 1.54) is 11.1 Å². The average Bonchev–Trinajstić information content (AvgIpc) is 3.29. The molecule has 1 unspecified atom stereocenters. The number of aryl methyl sites for hydroxylation is 1. The van der Waals surface area contributed by atoms with Crippen LogP contribution in [0.4, 0.5) is 0 Å². The highest BCUT2D eigenvalue weighted by molar-refractivity contribution is 7.98. The Morgan fingerprint density at radius 3 is 2.76 bits per heavy atom. The van der Waals surface area contributed by atoms with Gasteiger partial charge in [-0.1, -0.05) is 71.9 Å². The van der Waals surface area contributed by atoms with Crippen LogP contribution in [0.3, 0.4) is 0 Å². The van der Waals surface area contributed by atoms with Crippen molar-refractivity contribution in [1.29, 1.82) is 0 Å². The number of nitrogens with one attached hydrogen (secondary N) is 1. The lowest BCUT2D eigenvalue weighted by molar-refractivity contribution is 0.0932. The van der Waals surface area contributed by atoms with Gasteiger partial charge in [0, 0.05) is 22.5 Å². The number of amides is 1. The third-order valence-corrected chi connectivity index (χ3v) is 8.29. The van der Waals surface area contributed by atoms with E-state index >= 15 is 0 Å². The van der Waals surface area contributed by atoms with Gasteiger partial charge in [0.15, 0.2) is 5.16 Å². The summed E-state index contributed by atoms with van der Waals surface area (Å²) in [6.07, 6.45) is 6.76. The lowest BCUT2D eigenvalue weighted by atomic mass is 9.87. The maximum Gasteiger partial charge on any atom is 0.251 e. The van der Waals surface area contributed by atoms with Crippen molar-refractivity contribution < 1.29 is 4.79 Å². The third kappa shape index (κ3) is 5.33. The van der Waals surface area contributed by atoms with Gasteiger partial charge in [0.1, 0.15) is 0 Å². The molecule has 5 aromatic rings. The highest BCUT2D eigenvalue weighted by atomic mass is 35.5. The van der Waals surface area contributed by atoms with Gasteiger partial charge in [0.2, 0.25) is 0 Å². The van der Waals surface area contributed by atoms with E-state index in [0.717, 1.165) is 57.4 Å². The van der Waals surface area contributed by atoms with E-state index < -0.39 is 0 Å². The normalized spacial score (nSPS) is 14.8. The number of imidazole rings is 1. The summed E-state index contributed by atoms with van der Waals surface area (Å²) in [5, 5.41) is 4.91. The largest absolute Gasteiger partial charge is 0.345 e. The molecule has 0 aliphatic heterocycles. The van der Waals surface area contributed by atoms with Crippen molar-refractivity contribution in [3.63, 3.8) is 0 Å². The van der Waals surface area contributed by atoms with Crippen LogP contribution < -0.4 is 5.32 Å². The van der Waals surface area contributed by atoms with Gasteiger partial charge in [-0.3, -0.25) is 9.78 Å². The fourth-order valence-corrected chi connectivity index (χ4v) is 6.24. The zero-order valence-electron chi connectivity index (χ0n) is 20.8. The van der Waals surface area contributed by atoms with E-state index in [1.807, 2.05) is 54.7 Å². The first-order chi connectivity index (χ1) is 18.6. The van der Waals surface area contributed by atoms with Crippen molar-refractivity contribution in [2.24, 2.45) is 0 Å². The van der Waals surface area contributed by atoms with Gasteiger partial charge < -0.3 is 9.88 Å². The Morgan fingerprint density at radius 1 is 1.03 bits per heavy atom. The van der Waals surface area contributed by atoms with Gasteiger partial charge in [-0.15, -0.1) is 0 Å². The number of carbonyl (C=O) groups excluding carboxylic acids is 1. The molecule has 190 valence electrons. The van der Waals surface area contributed by atoms with Crippen LogP contribution in [0.1, 0.15) is 51.5 Å². The quantitative estimate of drug-likeness (QED) is 0.222. The number of aromatic nitrogens is 3. The van der Waals surface area contributed by atoms with Crippen molar-refractivity contribution in [3.05, 3.63) is 124 Å². The smallest absolute Gasteiger partial charge is 0.251 e. The number of halogens is 1. The summed E-state index contributed by atoms with van der Waals surface area (Å²) in [6, 6.07) is 26.2. The summed E-state index contributed by atoms with van der Waals surface area (Å²) in [5.74, 6) is 0.731. The fourth-order valence-electron chi connectivity index (χ4n) is 5.07. The Kier molecular flexibility index (Phi) is 7.16. The molecule has 0 radical (unpaired) electrons. The molecular formula is C31H27ClN4OS. The maximum absolute atomic E-state index is 13.1. The van der Waals surface area contributed by atoms with Crippen LogP contribution in [-0.4, -0.2) is 20.4 Å². The lowest BCUT2D eigenvalue weighted by Gasteiger charge is -2.26. The summed E-state index contributed by atoms with van der Waals surface area (Å²) in [6.45, 7) is 0.637. The Morgan fingerprint density at radius 2 is 1.89 bits per heavy atom. The van der Waals surface area contributed by atoms with Crippen LogP contribution in [0.2, 0.25) is 5.02 Å². The maximum atomic E-state index is 13.1. The molecule has 38 heavy (non-hydrogen) atoms. The Labute approximate surface area is 231 Å². The molecule has 1 aliphatic carbocycles. The highest BCUT2D eigenvalue weighted by Crippen LogP contribution is 2.30. The zero-order chi connectivity index (χ0) is 25.9. The van der Waals surface area contributed by atoms with Gasteiger partial charge in [-0.05, 0) is 71.8 Å². The topological polar surface area (TPSA) is 59.8 Å². The number of pyridine rings is 1. The summed E-state index contributed by atoms with van der Waals surface area (Å²) < 4.78 is 2.19. The first-order valence-corrected chi connectivity index (χ1v) is 14.2. The molecule has 3 aromatic carbocycles. The molecule has 7 heteroatoms. The SMILES string of the molecule is O=C(NC1CCCc2ccccc21)c1ccc(Cn2c(SCc3cccc(Cl)c3)nc3ccncc32)cc1.